The predicted molar refractivity (Wildman–Crippen MR) is 63.9 cm³/mol. The first-order valence-electron chi connectivity index (χ1n) is 5.50. The Bertz CT molecular complexity index is 342. The number of likely N-dealkylation sites (tertiary alicyclic amines) is 1. The molecule has 0 aliphatic carbocycles. The Morgan fingerprint density at radius 3 is 3.19 bits per heavy atom. The van der Waals surface area contributed by atoms with Crippen molar-refractivity contribution >= 4 is 11.8 Å². The topological polar surface area (TPSA) is 79.1 Å². The van der Waals surface area contributed by atoms with Gasteiger partial charge in [-0.2, -0.15) is 4.98 Å². The summed E-state index contributed by atoms with van der Waals surface area (Å²) in [6.45, 7) is 3.29. The third kappa shape index (κ3) is 2.80. The van der Waals surface area contributed by atoms with Crippen molar-refractivity contribution in [1.29, 1.82) is 0 Å². The van der Waals surface area contributed by atoms with E-state index in [1.54, 1.807) is 6.20 Å². The van der Waals surface area contributed by atoms with E-state index in [9.17, 15) is 0 Å². The summed E-state index contributed by atoms with van der Waals surface area (Å²) in [5.41, 5.74) is 2.43. The zero-order valence-corrected chi connectivity index (χ0v) is 9.48. The van der Waals surface area contributed by atoms with E-state index in [1.165, 1.54) is 13.0 Å². The standard InChI is InChI=1S/C10H18N6/c1-16-5-3-8(7-16)6-13-9-2-4-12-10(14-9)15-11/h2,4,8H,3,5-7,11H2,1H3,(H2,12,13,14,15). The molecule has 1 aliphatic rings. The minimum Gasteiger partial charge on any atom is -0.370 e. The van der Waals surface area contributed by atoms with Crippen LogP contribution in [0, 0.1) is 5.92 Å². The fourth-order valence-corrected chi connectivity index (χ4v) is 1.97. The minimum atomic E-state index is 0.438. The van der Waals surface area contributed by atoms with Gasteiger partial charge >= 0.3 is 0 Å². The minimum absolute atomic E-state index is 0.438. The maximum absolute atomic E-state index is 5.25. The van der Waals surface area contributed by atoms with Crippen molar-refractivity contribution < 1.29 is 0 Å². The molecule has 1 aromatic heterocycles. The molecule has 2 heterocycles. The summed E-state index contributed by atoms with van der Waals surface area (Å²) in [7, 11) is 2.15. The second-order valence-electron chi connectivity index (χ2n) is 4.21. The van der Waals surface area contributed by atoms with Crippen LogP contribution < -0.4 is 16.6 Å². The highest BCUT2D eigenvalue weighted by Crippen LogP contribution is 2.15. The van der Waals surface area contributed by atoms with E-state index in [0.717, 1.165) is 18.9 Å². The number of rotatable bonds is 4. The van der Waals surface area contributed by atoms with Gasteiger partial charge in [-0.15, -0.1) is 0 Å². The number of nitrogens with two attached hydrogens (primary N) is 1. The Balaban J connectivity index is 1.84. The molecule has 0 radical (unpaired) electrons. The zero-order chi connectivity index (χ0) is 11.4. The van der Waals surface area contributed by atoms with E-state index in [4.69, 9.17) is 5.84 Å². The fraction of sp³-hybridized carbons (Fsp3) is 0.600. The molecule has 2 rings (SSSR count). The number of hydrazine groups is 1. The molecule has 1 saturated heterocycles. The van der Waals surface area contributed by atoms with Crippen molar-refractivity contribution in [3.8, 4) is 0 Å². The molecule has 0 bridgehead atoms. The van der Waals surface area contributed by atoms with Gasteiger partial charge in [-0.1, -0.05) is 0 Å². The van der Waals surface area contributed by atoms with Gasteiger partial charge in [0.1, 0.15) is 5.82 Å². The molecule has 0 amide bonds. The summed E-state index contributed by atoms with van der Waals surface area (Å²) in [6.07, 6.45) is 2.93. The van der Waals surface area contributed by atoms with Crippen LogP contribution in [0.3, 0.4) is 0 Å². The normalized spacial score (nSPS) is 21.0. The van der Waals surface area contributed by atoms with Gasteiger partial charge in [-0.25, -0.2) is 10.8 Å². The second kappa shape index (κ2) is 5.09. The first-order valence-corrected chi connectivity index (χ1v) is 5.50. The zero-order valence-electron chi connectivity index (χ0n) is 9.48. The lowest BCUT2D eigenvalue weighted by atomic mass is 10.1. The number of nitrogens with zero attached hydrogens (tertiary/aromatic N) is 3. The predicted octanol–water partition coefficient (Wildman–Crippen LogP) is 0.126. The highest BCUT2D eigenvalue weighted by atomic mass is 15.3. The van der Waals surface area contributed by atoms with Gasteiger partial charge in [0, 0.05) is 19.3 Å². The highest BCUT2D eigenvalue weighted by molar-refractivity contribution is 5.38. The number of nitrogens with one attached hydrogen (secondary N) is 2. The van der Waals surface area contributed by atoms with Crippen LogP contribution in [0.1, 0.15) is 6.42 Å². The Labute approximate surface area is 95.2 Å². The molecule has 0 saturated carbocycles. The van der Waals surface area contributed by atoms with Crippen molar-refractivity contribution in [2.75, 3.05) is 37.4 Å². The van der Waals surface area contributed by atoms with E-state index >= 15 is 0 Å². The van der Waals surface area contributed by atoms with Crippen molar-refractivity contribution in [1.82, 2.24) is 14.9 Å². The molecular formula is C10H18N6. The molecular weight excluding hydrogens is 204 g/mol. The van der Waals surface area contributed by atoms with Gasteiger partial charge in [0.15, 0.2) is 0 Å². The molecule has 0 aromatic carbocycles. The number of nitrogen functional groups attached to an aromatic ring is 1. The number of aromatic nitrogens is 2. The van der Waals surface area contributed by atoms with Crippen LogP contribution in [0.15, 0.2) is 12.3 Å². The summed E-state index contributed by atoms with van der Waals surface area (Å²) in [5.74, 6) is 7.20. The number of hydrogen-bond acceptors (Lipinski definition) is 6. The summed E-state index contributed by atoms with van der Waals surface area (Å²) in [5, 5.41) is 3.31. The lowest BCUT2D eigenvalue weighted by Gasteiger charge is -2.12. The van der Waals surface area contributed by atoms with Gasteiger partial charge < -0.3 is 10.2 Å². The number of hydrogen-bond donors (Lipinski definition) is 3. The summed E-state index contributed by atoms with van der Waals surface area (Å²) in [6, 6.07) is 1.85. The van der Waals surface area contributed by atoms with Crippen LogP contribution >= 0.6 is 0 Å². The van der Waals surface area contributed by atoms with Gasteiger partial charge in [0.05, 0.1) is 0 Å². The van der Waals surface area contributed by atoms with Crippen LogP contribution in [-0.4, -0.2) is 41.5 Å². The molecule has 4 N–H and O–H groups in total. The molecule has 1 fully saturated rings. The Morgan fingerprint density at radius 1 is 1.62 bits per heavy atom. The van der Waals surface area contributed by atoms with E-state index in [1.807, 2.05) is 6.07 Å². The van der Waals surface area contributed by atoms with Gasteiger partial charge in [0.2, 0.25) is 5.95 Å². The van der Waals surface area contributed by atoms with Crippen LogP contribution in [0.25, 0.3) is 0 Å². The van der Waals surface area contributed by atoms with Crippen LogP contribution in [-0.2, 0) is 0 Å². The highest BCUT2D eigenvalue weighted by Gasteiger charge is 2.18. The maximum Gasteiger partial charge on any atom is 0.239 e. The average molecular weight is 222 g/mol. The smallest absolute Gasteiger partial charge is 0.239 e. The summed E-state index contributed by atoms with van der Waals surface area (Å²) in [4.78, 5) is 10.5. The van der Waals surface area contributed by atoms with Crippen LogP contribution in [0.4, 0.5) is 11.8 Å². The molecule has 6 nitrogen and oxygen atoms in total. The molecule has 16 heavy (non-hydrogen) atoms. The van der Waals surface area contributed by atoms with E-state index in [0.29, 0.717) is 11.9 Å². The van der Waals surface area contributed by atoms with E-state index in [-0.39, 0.29) is 0 Å². The first kappa shape index (κ1) is 11.1. The Kier molecular flexibility index (Phi) is 3.53. The molecule has 1 unspecified atom stereocenters. The van der Waals surface area contributed by atoms with Crippen LogP contribution in [0.2, 0.25) is 0 Å². The summed E-state index contributed by atoms with van der Waals surface area (Å²) >= 11 is 0. The molecule has 88 valence electrons. The molecule has 1 aromatic rings. The third-order valence-electron chi connectivity index (χ3n) is 2.85. The van der Waals surface area contributed by atoms with Gasteiger partial charge in [0.25, 0.3) is 0 Å². The fourth-order valence-electron chi connectivity index (χ4n) is 1.97. The maximum atomic E-state index is 5.25. The second-order valence-corrected chi connectivity index (χ2v) is 4.21. The van der Waals surface area contributed by atoms with Crippen LogP contribution in [0.5, 0.6) is 0 Å². The van der Waals surface area contributed by atoms with Crippen molar-refractivity contribution in [3.63, 3.8) is 0 Å². The van der Waals surface area contributed by atoms with Gasteiger partial charge in [-0.3, -0.25) is 5.43 Å². The first-order chi connectivity index (χ1) is 7.78. The van der Waals surface area contributed by atoms with E-state index in [2.05, 4.69) is 32.7 Å². The van der Waals surface area contributed by atoms with Crippen molar-refractivity contribution in [3.05, 3.63) is 12.3 Å². The lowest BCUT2D eigenvalue weighted by Crippen LogP contribution is -2.20. The monoisotopic (exact) mass is 222 g/mol. The Morgan fingerprint density at radius 2 is 2.50 bits per heavy atom. The number of anilines is 2. The van der Waals surface area contributed by atoms with Gasteiger partial charge in [-0.05, 0) is 32.0 Å². The lowest BCUT2D eigenvalue weighted by molar-refractivity contribution is 0.399. The third-order valence-corrected chi connectivity index (χ3v) is 2.85. The van der Waals surface area contributed by atoms with Crippen molar-refractivity contribution in [2.45, 2.75) is 6.42 Å². The largest absolute Gasteiger partial charge is 0.370 e. The van der Waals surface area contributed by atoms with Crippen molar-refractivity contribution in [2.24, 2.45) is 11.8 Å². The average Bonchev–Trinajstić information content (AvgIpc) is 2.73. The van der Waals surface area contributed by atoms with E-state index < -0.39 is 0 Å². The summed E-state index contributed by atoms with van der Waals surface area (Å²) < 4.78 is 0. The Hall–Kier alpha value is -1.40. The molecule has 6 heteroatoms. The SMILES string of the molecule is CN1CCC(CNc2ccnc(NN)n2)C1. The molecule has 0 spiro atoms. The molecule has 1 aliphatic heterocycles. The quantitative estimate of drug-likeness (QED) is 0.496. The molecule has 1 atom stereocenters.